The lowest BCUT2D eigenvalue weighted by Gasteiger charge is -2.24. The zero-order valence-electron chi connectivity index (χ0n) is 18.0. The first-order valence-corrected chi connectivity index (χ1v) is 10.6. The highest BCUT2D eigenvalue weighted by Gasteiger charge is 2.34. The van der Waals surface area contributed by atoms with Gasteiger partial charge in [0, 0.05) is 13.0 Å². The van der Waals surface area contributed by atoms with Crippen molar-refractivity contribution in [1.82, 2.24) is 15.5 Å². The standard InChI is InChI=1S/C22H32N4O5/c1-14(2)11-16(23)20(28)25-17(12-15-7-4-3-5-8-15)21(29)24-13-19(27)26-10-6-9-18(26)22(30)31/h3-5,7-8,14,16-18H,6,9-13,23H2,1-2H3,(H,24,29)(H,25,28)(H,30,31). The molecule has 1 aliphatic rings. The van der Waals surface area contributed by atoms with Gasteiger partial charge in [-0.3, -0.25) is 14.4 Å². The summed E-state index contributed by atoms with van der Waals surface area (Å²) in [6.07, 6.45) is 1.73. The lowest BCUT2D eigenvalue weighted by Crippen LogP contribution is -2.54. The van der Waals surface area contributed by atoms with Crippen LogP contribution in [0.1, 0.15) is 38.7 Å². The van der Waals surface area contributed by atoms with Crippen LogP contribution in [-0.2, 0) is 25.6 Å². The zero-order valence-corrected chi connectivity index (χ0v) is 18.0. The van der Waals surface area contributed by atoms with Crippen LogP contribution in [0.15, 0.2) is 30.3 Å². The molecule has 9 heteroatoms. The summed E-state index contributed by atoms with van der Waals surface area (Å²) in [7, 11) is 0. The first-order valence-electron chi connectivity index (χ1n) is 10.6. The Balaban J connectivity index is 2.02. The molecule has 3 unspecified atom stereocenters. The van der Waals surface area contributed by atoms with E-state index in [4.69, 9.17) is 5.73 Å². The molecule has 1 fully saturated rings. The number of rotatable bonds is 10. The van der Waals surface area contributed by atoms with Gasteiger partial charge in [0.2, 0.25) is 17.7 Å². The van der Waals surface area contributed by atoms with Gasteiger partial charge in [-0.25, -0.2) is 4.79 Å². The van der Waals surface area contributed by atoms with E-state index in [0.29, 0.717) is 25.8 Å². The van der Waals surface area contributed by atoms with Crippen LogP contribution in [0.4, 0.5) is 0 Å². The summed E-state index contributed by atoms with van der Waals surface area (Å²) in [5.41, 5.74) is 6.79. The Kier molecular flexibility index (Phi) is 8.99. The maximum Gasteiger partial charge on any atom is 0.326 e. The molecule has 3 amide bonds. The molecule has 0 bridgehead atoms. The quantitative estimate of drug-likeness (QED) is 0.418. The smallest absolute Gasteiger partial charge is 0.326 e. The molecule has 1 aromatic rings. The van der Waals surface area contributed by atoms with Crippen LogP contribution in [-0.4, -0.2) is 64.9 Å². The lowest BCUT2D eigenvalue weighted by molar-refractivity contribution is -0.148. The molecule has 1 saturated heterocycles. The van der Waals surface area contributed by atoms with E-state index in [-0.39, 0.29) is 18.9 Å². The zero-order chi connectivity index (χ0) is 23.0. The number of hydrogen-bond acceptors (Lipinski definition) is 5. The van der Waals surface area contributed by atoms with E-state index in [1.54, 1.807) is 0 Å². The highest BCUT2D eigenvalue weighted by molar-refractivity contribution is 5.92. The van der Waals surface area contributed by atoms with Crippen molar-refractivity contribution in [3.63, 3.8) is 0 Å². The molecule has 31 heavy (non-hydrogen) atoms. The normalized spacial score (nSPS) is 17.8. The molecule has 170 valence electrons. The van der Waals surface area contributed by atoms with E-state index in [1.165, 1.54) is 4.90 Å². The lowest BCUT2D eigenvalue weighted by atomic mass is 10.0. The molecule has 0 saturated carbocycles. The monoisotopic (exact) mass is 432 g/mol. The van der Waals surface area contributed by atoms with Crippen LogP contribution < -0.4 is 16.4 Å². The molecule has 5 N–H and O–H groups in total. The number of aliphatic carboxylic acids is 1. The second kappa shape index (κ2) is 11.5. The van der Waals surface area contributed by atoms with Crippen molar-refractivity contribution in [3.05, 3.63) is 35.9 Å². The molecule has 1 aromatic carbocycles. The molecule has 3 atom stereocenters. The van der Waals surface area contributed by atoms with Gasteiger partial charge in [0.25, 0.3) is 0 Å². The van der Waals surface area contributed by atoms with E-state index in [1.807, 2.05) is 44.2 Å². The van der Waals surface area contributed by atoms with Crippen LogP contribution in [0, 0.1) is 5.92 Å². The predicted molar refractivity (Wildman–Crippen MR) is 115 cm³/mol. The van der Waals surface area contributed by atoms with Gasteiger partial charge in [-0.1, -0.05) is 44.2 Å². The summed E-state index contributed by atoms with van der Waals surface area (Å²) in [5.74, 6) is -2.23. The third-order valence-electron chi connectivity index (χ3n) is 5.25. The van der Waals surface area contributed by atoms with Crippen LogP contribution in [0.5, 0.6) is 0 Å². The molecule has 1 aliphatic heterocycles. The molecule has 0 aliphatic carbocycles. The predicted octanol–water partition coefficient (Wildman–Crippen LogP) is 0.279. The minimum Gasteiger partial charge on any atom is -0.480 e. The Morgan fingerprint density at radius 2 is 1.84 bits per heavy atom. The maximum atomic E-state index is 12.8. The Hall–Kier alpha value is -2.94. The summed E-state index contributed by atoms with van der Waals surface area (Å²) in [6.45, 7) is 3.92. The van der Waals surface area contributed by atoms with Crippen molar-refractivity contribution in [2.24, 2.45) is 11.7 Å². The van der Waals surface area contributed by atoms with E-state index in [0.717, 1.165) is 5.56 Å². The van der Waals surface area contributed by atoms with E-state index >= 15 is 0 Å². The fourth-order valence-electron chi connectivity index (χ4n) is 3.66. The molecule has 0 radical (unpaired) electrons. The number of nitrogens with zero attached hydrogens (tertiary/aromatic N) is 1. The van der Waals surface area contributed by atoms with Crippen molar-refractivity contribution >= 4 is 23.7 Å². The average molecular weight is 433 g/mol. The van der Waals surface area contributed by atoms with Crippen LogP contribution in [0.2, 0.25) is 0 Å². The number of amides is 3. The van der Waals surface area contributed by atoms with Gasteiger partial charge < -0.3 is 26.4 Å². The van der Waals surface area contributed by atoms with Gasteiger partial charge >= 0.3 is 5.97 Å². The number of benzene rings is 1. The Morgan fingerprint density at radius 3 is 2.45 bits per heavy atom. The summed E-state index contributed by atoms with van der Waals surface area (Å²) in [6, 6.07) is 6.69. The minimum atomic E-state index is -1.05. The van der Waals surface area contributed by atoms with Gasteiger partial charge in [-0.05, 0) is 30.7 Å². The summed E-state index contributed by atoms with van der Waals surface area (Å²) >= 11 is 0. The second-order valence-corrected chi connectivity index (χ2v) is 8.29. The van der Waals surface area contributed by atoms with Gasteiger partial charge in [0.05, 0.1) is 12.6 Å². The van der Waals surface area contributed by atoms with Crippen molar-refractivity contribution < 1.29 is 24.3 Å². The van der Waals surface area contributed by atoms with Crippen molar-refractivity contribution in [2.75, 3.05) is 13.1 Å². The number of nitrogens with one attached hydrogen (secondary N) is 2. The number of hydrogen-bond donors (Lipinski definition) is 4. The number of carboxylic acids is 1. The topological polar surface area (TPSA) is 142 Å². The molecule has 9 nitrogen and oxygen atoms in total. The highest BCUT2D eigenvalue weighted by Crippen LogP contribution is 2.17. The Labute approximate surface area is 182 Å². The van der Waals surface area contributed by atoms with E-state index < -0.39 is 41.8 Å². The Morgan fingerprint density at radius 1 is 1.16 bits per heavy atom. The van der Waals surface area contributed by atoms with Crippen LogP contribution >= 0.6 is 0 Å². The second-order valence-electron chi connectivity index (χ2n) is 8.29. The first-order chi connectivity index (χ1) is 14.7. The van der Waals surface area contributed by atoms with Gasteiger partial charge in [-0.2, -0.15) is 0 Å². The fourth-order valence-corrected chi connectivity index (χ4v) is 3.66. The first kappa shape index (κ1) is 24.3. The highest BCUT2D eigenvalue weighted by atomic mass is 16.4. The Bertz CT molecular complexity index is 783. The van der Waals surface area contributed by atoms with Gasteiger partial charge in [0.1, 0.15) is 12.1 Å². The van der Waals surface area contributed by atoms with Gasteiger partial charge in [-0.15, -0.1) is 0 Å². The summed E-state index contributed by atoms with van der Waals surface area (Å²) in [5, 5.41) is 14.5. The molecule has 0 spiro atoms. The molecule has 0 aromatic heterocycles. The number of carbonyl (C=O) groups excluding carboxylic acids is 3. The van der Waals surface area contributed by atoms with E-state index in [2.05, 4.69) is 10.6 Å². The molecule has 1 heterocycles. The summed E-state index contributed by atoms with van der Waals surface area (Å²) in [4.78, 5) is 50.3. The number of carbonyl (C=O) groups is 4. The molecular formula is C22H32N4O5. The largest absolute Gasteiger partial charge is 0.480 e. The molecule has 2 rings (SSSR count). The number of nitrogens with two attached hydrogens (primary N) is 1. The summed E-state index contributed by atoms with van der Waals surface area (Å²) < 4.78 is 0. The fraction of sp³-hybridized carbons (Fsp3) is 0.545. The van der Waals surface area contributed by atoms with Crippen molar-refractivity contribution in [3.8, 4) is 0 Å². The third-order valence-corrected chi connectivity index (χ3v) is 5.25. The van der Waals surface area contributed by atoms with Crippen LogP contribution in [0.3, 0.4) is 0 Å². The third kappa shape index (κ3) is 7.36. The average Bonchev–Trinajstić information content (AvgIpc) is 3.22. The van der Waals surface area contributed by atoms with Crippen LogP contribution in [0.25, 0.3) is 0 Å². The molecular weight excluding hydrogens is 400 g/mol. The number of carboxylic acid groups (broad SMARTS) is 1. The maximum absolute atomic E-state index is 12.8. The van der Waals surface area contributed by atoms with Crippen molar-refractivity contribution in [2.45, 2.75) is 57.7 Å². The minimum absolute atomic E-state index is 0.224. The van der Waals surface area contributed by atoms with Gasteiger partial charge in [0.15, 0.2) is 0 Å². The van der Waals surface area contributed by atoms with Crippen molar-refractivity contribution in [1.29, 1.82) is 0 Å². The number of likely N-dealkylation sites (tertiary alicyclic amines) is 1. The SMILES string of the molecule is CC(C)CC(N)C(=O)NC(Cc1ccccc1)C(=O)NCC(=O)N1CCCC1C(=O)O. The van der Waals surface area contributed by atoms with E-state index in [9.17, 15) is 24.3 Å².